The van der Waals surface area contributed by atoms with Gasteiger partial charge in [0.1, 0.15) is 18.3 Å². The Morgan fingerprint density at radius 3 is 0.412 bits per heavy atom. The van der Waals surface area contributed by atoms with Crippen molar-refractivity contribution < 1.29 is 106 Å². The minimum atomic E-state index is -0.799. The normalized spacial score (nSPS) is 39.0. The van der Waals surface area contributed by atoms with Crippen LogP contribution in [0.2, 0.25) is 0 Å². The van der Waals surface area contributed by atoms with Gasteiger partial charge in [0, 0.05) is 130 Å². The van der Waals surface area contributed by atoms with Crippen molar-refractivity contribution in [3.8, 4) is 0 Å². The molecule has 136 heavy (non-hydrogen) atoms. The average molecular weight is 1970 g/mol. The molecule has 40 heteroatoms. The molecular formula is C96H210N18O22. The van der Waals surface area contributed by atoms with Crippen molar-refractivity contribution in [3.63, 3.8) is 0 Å². The Balaban J connectivity index is 0.000000777. The van der Waals surface area contributed by atoms with E-state index in [4.69, 9.17) is 179 Å². The second-order valence-electron chi connectivity index (χ2n) is 43.0. The van der Waals surface area contributed by atoms with E-state index in [2.05, 4.69) is 69.2 Å². The molecule has 8 heterocycles. The van der Waals surface area contributed by atoms with E-state index < -0.39 is 105 Å². The molecule has 0 spiro atoms. The van der Waals surface area contributed by atoms with Gasteiger partial charge in [-0.05, 0) is 158 Å². The van der Waals surface area contributed by atoms with E-state index in [0.717, 1.165) is 0 Å². The standard InChI is InChI=1S/2C12H27N3O2.6C12H26N2O3/c2*1-6(2)9-8(5-13)17-12(16-7(3)4)11(15)10(9)14;3*1-6(2)9-8(5-13)17-12(16-7(3)4)10(14)11(9)15;3*1-6(2)9-8(5-13)17-12(16-7(3)4)11(15)10(9)14/h2*6-12H,5,13-15H2,1-4H3;6*6-12,15H,5,13-14H2,1-4H3/t2*8?,9-,10+,11?,12+;2*8?,9-,10?,11+,12+;8?,9-,10?,11-,12+;2*8?,9-,10+,11?,12+;8?,9-,10-,11?,12+/m11110110/s1. The Bertz CT molecular complexity index is 2430. The summed E-state index contributed by atoms with van der Waals surface area (Å²) in [6, 6.07) is -3.52. The van der Waals surface area contributed by atoms with Crippen LogP contribution in [0.5, 0.6) is 0 Å². The first-order valence-electron chi connectivity index (χ1n) is 50.8. The molecule has 8 saturated heterocycles. The van der Waals surface area contributed by atoms with E-state index in [1.54, 1.807) is 0 Å². The van der Waals surface area contributed by atoms with Crippen LogP contribution in [0.3, 0.4) is 0 Å². The van der Waals surface area contributed by atoms with Gasteiger partial charge in [-0.25, -0.2) is 0 Å². The fourth-order valence-corrected chi connectivity index (χ4v) is 19.7. The summed E-state index contributed by atoms with van der Waals surface area (Å²) in [5.74, 6) is 2.95. The Morgan fingerprint density at radius 2 is 0.279 bits per heavy atom. The van der Waals surface area contributed by atoms with Crippen LogP contribution in [0.25, 0.3) is 0 Å². The first kappa shape index (κ1) is 132. The van der Waals surface area contributed by atoms with Crippen LogP contribution < -0.4 is 103 Å². The van der Waals surface area contributed by atoms with E-state index in [-0.39, 0.29) is 205 Å². The first-order valence-corrected chi connectivity index (χ1v) is 50.8. The maximum absolute atomic E-state index is 10.3. The summed E-state index contributed by atoms with van der Waals surface area (Å²) in [6.45, 7) is 66.9. The first-order chi connectivity index (χ1) is 63.0. The molecule has 0 aromatic rings. The summed E-state index contributed by atoms with van der Waals surface area (Å²) in [5, 5.41) is 61.1. The number of hydrogen-bond acceptors (Lipinski definition) is 40. The highest BCUT2D eigenvalue weighted by atomic mass is 16.7. The zero-order chi connectivity index (χ0) is 105. The summed E-state index contributed by atoms with van der Waals surface area (Å²) < 4.78 is 90.8. The van der Waals surface area contributed by atoms with E-state index in [1.807, 2.05) is 152 Å². The summed E-state index contributed by atoms with van der Waals surface area (Å²) in [7, 11) is 0. The third-order valence-corrected chi connectivity index (χ3v) is 26.2. The highest BCUT2D eigenvalue weighted by molar-refractivity contribution is 5.02. The molecule has 8 rings (SSSR count). The maximum Gasteiger partial charge on any atom is 0.185 e. The number of hydrogen-bond donors (Lipinski definition) is 24. The van der Waals surface area contributed by atoms with Crippen LogP contribution in [0.1, 0.15) is 222 Å². The van der Waals surface area contributed by atoms with Gasteiger partial charge in [0.15, 0.2) is 50.3 Å². The fourth-order valence-electron chi connectivity index (χ4n) is 19.7. The zero-order valence-corrected chi connectivity index (χ0v) is 89.6. The monoisotopic (exact) mass is 1970 g/mol. The number of nitrogens with two attached hydrogens (primary N) is 18. The lowest BCUT2D eigenvalue weighted by Gasteiger charge is -2.46. The Hall–Kier alpha value is -1.60. The smallest absolute Gasteiger partial charge is 0.185 e. The molecule has 0 radical (unpaired) electrons. The summed E-state index contributed by atoms with van der Waals surface area (Å²) >= 11 is 0. The summed E-state index contributed by atoms with van der Waals surface area (Å²) in [4.78, 5) is 0. The van der Waals surface area contributed by atoms with Crippen molar-refractivity contribution in [3.05, 3.63) is 0 Å². The fraction of sp³-hybridized carbons (Fsp3) is 1.00. The molecule has 0 aromatic carbocycles. The van der Waals surface area contributed by atoms with E-state index >= 15 is 0 Å². The number of aliphatic hydroxyl groups excluding tert-OH is 6. The van der Waals surface area contributed by atoms with Gasteiger partial charge in [-0.1, -0.05) is 111 Å². The van der Waals surface area contributed by atoms with Crippen molar-refractivity contribution in [2.24, 2.45) is 198 Å². The van der Waals surface area contributed by atoms with Gasteiger partial charge in [0.25, 0.3) is 0 Å². The molecule has 0 bridgehead atoms. The second kappa shape index (κ2) is 64.5. The Morgan fingerprint density at radius 1 is 0.162 bits per heavy atom. The maximum atomic E-state index is 10.3. The Labute approximate surface area is 819 Å². The summed E-state index contributed by atoms with van der Waals surface area (Å²) in [6.07, 6.45) is -10.1. The third kappa shape index (κ3) is 40.2. The van der Waals surface area contributed by atoms with E-state index in [9.17, 15) is 30.6 Å². The minimum absolute atomic E-state index is 0.00674. The van der Waals surface area contributed by atoms with Gasteiger partial charge in [0.05, 0.1) is 146 Å². The number of aliphatic hydroxyl groups is 6. The predicted molar refractivity (Wildman–Crippen MR) is 534 cm³/mol. The van der Waals surface area contributed by atoms with E-state index in [1.165, 1.54) is 0 Å². The molecule has 0 aliphatic carbocycles. The summed E-state index contributed by atoms with van der Waals surface area (Å²) in [5.41, 5.74) is 107. The largest absolute Gasteiger partial charge is 0.391 e. The lowest BCUT2D eigenvalue weighted by Crippen LogP contribution is -2.65. The molecule has 0 aromatic heterocycles. The van der Waals surface area contributed by atoms with Crippen molar-refractivity contribution in [2.45, 2.75) is 467 Å². The zero-order valence-electron chi connectivity index (χ0n) is 89.6. The van der Waals surface area contributed by atoms with Gasteiger partial charge >= 0.3 is 0 Å². The van der Waals surface area contributed by atoms with E-state index in [0.29, 0.717) is 81.9 Å². The van der Waals surface area contributed by atoms with Gasteiger partial charge in [-0.3, -0.25) is 0 Å². The van der Waals surface area contributed by atoms with Gasteiger partial charge < -0.3 is 210 Å². The second-order valence-corrected chi connectivity index (χ2v) is 43.0. The van der Waals surface area contributed by atoms with Crippen LogP contribution >= 0.6 is 0 Å². The molecule has 42 N–H and O–H groups in total. The topological polar surface area (TPSA) is 737 Å². The molecule has 0 saturated carbocycles. The van der Waals surface area contributed by atoms with Gasteiger partial charge in [-0.2, -0.15) is 0 Å². The van der Waals surface area contributed by atoms with Crippen molar-refractivity contribution in [1.29, 1.82) is 0 Å². The highest BCUT2D eigenvalue weighted by Gasteiger charge is 2.53. The number of rotatable bonds is 32. The molecule has 40 atom stereocenters. The van der Waals surface area contributed by atoms with Crippen LogP contribution in [0.15, 0.2) is 0 Å². The molecule has 816 valence electrons. The van der Waals surface area contributed by atoms with Gasteiger partial charge in [0.2, 0.25) is 0 Å². The lowest BCUT2D eigenvalue weighted by molar-refractivity contribution is -0.273. The quantitative estimate of drug-likeness (QED) is 0.0433. The average Bonchev–Trinajstić information content (AvgIpc) is 0.847. The van der Waals surface area contributed by atoms with Crippen LogP contribution in [-0.4, -0.2) is 328 Å². The van der Waals surface area contributed by atoms with Gasteiger partial charge in [-0.15, -0.1) is 0 Å². The predicted octanol–water partition coefficient (Wildman–Crippen LogP) is 0.376. The Kier molecular flexibility index (Phi) is 62.8. The lowest BCUT2D eigenvalue weighted by atomic mass is 9.79. The minimum Gasteiger partial charge on any atom is -0.391 e. The molecule has 40 nitrogen and oxygen atoms in total. The molecule has 8 aliphatic rings. The highest BCUT2D eigenvalue weighted by Crippen LogP contribution is 2.39. The van der Waals surface area contributed by atoms with Crippen molar-refractivity contribution in [2.75, 3.05) is 52.4 Å². The molecule has 8 aliphatic heterocycles. The molecule has 16 unspecified atom stereocenters. The van der Waals surface area contributed by atoms with Crippen LogP contribution in [0.4, 0.5) is 0 Å². The van der Waals surface area contributed by atoms with Crippen molar-refractivity contribution >= 4 is 0 Å². The molecule has 0 amide bonds. The molecular weight excluding hydrogens is 1760 g/mol. The SMILES string of the molecule is CC(C)O[C@@H]1OC(CN)[C@H](C(C)C)[C@H](N)C1O.CC(C)O[C@@H]1OC(CN)[C@H](C(C)C)[C@H](O)C1N.CC(C)O[C@H]1OC(CN)[C@@H](C(C)C)[C@H](N)C1N.CC(C)O[C@H]1OC(CN)[C@@H](C(C)C)[C@H](N)C1N.CC(C)O[C@H]1OC(CN)[C@@H](C(C)C)[C@H](N)C1O.CC(C)O[C@H]1OC(CN)[C@@H](C(C)C)[C@H](N)C1O.CC(C)O[C@H]1OC(CN)[C@@H](C(C)C)[C@H](O)C1N.CC(C)O[C@H]1OC(CN)[C@@H](C(C)C)[C@H](O)C1N. The third-order valence-electron chi connectivity index (χ3n) is 26.2. The van der Waals surface area contributed by atoms with Crippen LogP contribution in [-0.2, 0) is 75.8 Å². The van der Waals surface area contributed by atoms with Crippen molar-refractivity contribution in [1.82, 2.24) is 0 Å². The molecule has 8 fully saturated rings. The van der Waals surface area contributed by atoms with Crippen LogP contribution in [0, 0.1) is 94.7 Å². The number of ether oxygens (including phenoxy) is 16.